The molecule has 0 aromatic heterocycles. The lowest BCUT2D eigenvalue weighted by Crippen LogP contribution is -2.12. The SMILES string of the molecule is Cc1cc(Cl)cc(NC(=O)c2ccc(OC(F)F)cc2)c1O. The average Bonchev–Trinajstić information content (AvgIpc) is 2.44. The van der Waals surface area contributed by atoms with Crippen molar-refractivity contribution in [2.24, 2.45) is 0 Å². The molecule has 4 nitrogen and oxygen atoms in total. The predicted molar refractivity (Wildman–Crippen MR) is 78.9 cm³/mol. The van der Waals surface area contributed by atoms with Crippen molar-refractivity contribution in [3.05, 3.63) is 52.5 Å². The number of phenols is 1. The summed E-state index contributed by atoms with van der Waals surface area (Å²) in [5.41, 5.74) is 0.907. The summed E-state index contributed by atoms with van der Waals surface area (Å²) in [5, 5.41) is 12.8. The van der Waals surface area contributed by atoms with Gasteiger partial charge in [0.15, 0.2) is 0 Å². The Labute approximate surface area is 130 Å². The average molecular weight is 328 g/mol. The quantitative estimate of drug-likeness (QED) is 0.827. The number of hydrogen-bond donors (Lipinski definition) is 2. The third kappa shape index (κ3) is 3.85. The van der Waals surface area contributed by atoms with Crippen LogP contribution in [-0.4, -0.2) is 17.6 Å². The minimum atomic E-state index is -2.92. The Balaban J connectivity index is 2.16. The van der Waals surface area contributed by atoms with Crippen molar-refractivity contribution in [1.29, 1.82) is 0 Å². The van der Waals surface area contributed by atoms with Crippen molar-refractivity contribution < 1.29 is 23.4 Å². The lowest BCUT2D eigenvalue weighted by atomic mass is 10.1. The monoisotopic (exact) mass is 327 g/mol. The highest BCUT2D eigenvalue weighted by molar-refractivity contribution is 6.31. The number of aromatic hydroxyl groups is 1. The number of benzene rings is 2. The summed E-state index contributed by atoms with van der Waals surface area (Å²) in [5.74, 6) is -0.649. The molecule has 0 saturated heterocycles. The van der Waals surface area contributed by atoms with Crippen LogP contribution in [0.25, 0.3) is 0 Å². The minimum Gasteiger partial charge on any atom is -0.505 e. The molecule has 0 atom stereocenters. The first-order valence-corrected chi connectivity index (χ1v) is 6.60. The number of phenolic OH excluding ortho intramolecular Hbond substituents is 1. The number of hydrogen-bond acceptors (Lipinski definition) is 3. The molecular formula is C15H12ClF2NO3. The number of amides is 1. The summed E-state index contributed by atoms with van der Waals surface area (Å²) in [6.07, 6.45) is 0. The van der Waals surface area contributed by atoms with E-state index in [1.807, 2.05) is 0 Å². The zero-order valence-corrected chi connectivity index (χ0v) is 12.2. The Kier molecular flexibility index (Phi) is 4.82. The second-order valence-corrected chi connectivity index (χ2v) is 4.91. The summed E-state index contributed by atoms with van der Waals surface area (Å²) in [7, 11) is 0. The maximum atomic E-state index is 12.1. The van der Waals surface area contributed by atoms with E-state index in [0.29, 0.717) is 10.6 Å². The number of halogens is 3. The molecule has 0 aliphatic heterocycles. The zero-order chi connectivity index (χ0) is 16.3. The highest BCUT2D eigenvalue weighted by Crippen LogP contribution is 2.31. The van der Waals surface area contributed by atoms with Crippen LogP contribution in [0.1, 0.15) is 15.9 Å². The molecule has 0 aliphatic rings. The maximum Gasteiger partial charge on any atom is 0.387 e. The fourth-order valence-corrected chi connectivity index (χ4v) is 2.09. The molecule has 0 aliphatic carbocycles. The summed E-state index contributed by atoms with van der Waals surface area (Å²) >= 11 is 5.87. The molecule has 0 unspecified atom stereocenters. The highest BCUT2D eigenvalue weighted by atomic mass is 35.5. The molecule has 2 N–H and O–H groups in total. The van der Waals surface area contributed by atoms with Crippen molar-refractivity contribution in [2.75, 3.05) is 5.32 Å². The molecular weight excluding hydrogens is 316 g/mol. The Hall–Kier alpha value is -2.34. The number of carbonyl (C=O) groups is 1. The van der Waals surface area contributed by atoms with Gasteiger partial charge >= 0.3 is 6.61 Å². The number of carbonyl (C=O) groups excluding carboxylic acids is 1. The third-order valence-corrected chi connectivity index (χ3v) is 3.07. The Bertz CT molecular complexity index is 690. The first kappa shape index (κ1) is 16.0. The summed E-state index contributed by atoms with van der Waals surface area (Å²) in [6, 6.07) is 8.15. The van der Waals surface area contributed by atoms with Gasteiger partial charge in [-0.2, -0.15) is 8.78 Å². The van der Waals surface area contributed by atoms with Gasteiger partial charge < -0.3 is 15.2 Å². The predicted octanol–water partition coefficient (Wildman–Crippen LogP) is 4.21. The normalized spacial score (nSPS) is 10.6. The van der Waals surface area contributed by atoms with Gasteiger partial charge in [0.05, 0.1) is 5.69 Å². The fraction of sp³-hybridized carbons (Fsp3) is 0.133. The first-order valence-electron chi connectivity index (χ1n) is 6.22. The van der Waals surface area contributed by atoms with E-state index in [-0.39, 0.29) is 22.7 Å². The summed E-state index contributed by atoms with van der Waals surface area (Å²) in [6.45, 7) is -1.28. The smallest absolute Gasteiger partial charge is 0.387 e. The van der Waals surface area contributed by atoms with Crippen molar-refractivity contribution in [1.82, 2.24) is 0 Å². The Morgan fingerprint density at radius 2 is 1.91 bits per heavy atom. The van der Waals surface area contributed by atoms with Gasteiger partial charge in [-0.25, -0.2) is 0 Å². The molecule has 2 aromatic carbocycles. The van der Waals surface area contributed by atoms with E-state index in [4.69, 9.17) is 11.6 Å². The van der Waals surface area contributed by atoms with Gasteiger partial charge in [0, 0.05) is 10.6 Å². The molecule has 0 radical (unpaired) electrons. The molecule has 0 spiro atoms. The lowest BCUT2D eigenvalue weighted by molar-refractivity contribution is -0.0498. The van der Waals surface area contributed by atoms with Crippen molar-refractivity contribution in [2.45, 2.75) is 13.5 Å². The molecule has 0 saturated carbocycles. The van der Waals surface area contributed by atoms with Crippen LogP contribution in [0.5, 0.6) is 11.5 Å². The van der Waals surface area contributed by atoms with Crippen LogP contribution in [0.15, 0.2) is 36.4 Å². The standard InChI is InChI=1S/C15H12ClF2NO3/c1-8-6-10(16)7-12(13(8)20)19-14(21)9-2-4-11(5-3-9)22-15(17)18/h2-7,15,20H,1H3,(H,19,21). The molecule has 0 bridgehead atoms. The zero-order valence-electron chi connectivity index (χ0n) is 11.4. The van der Waals surface area contributed by atoms with Gasteiger partial charge in [-0.05, 0) is 48.9 Å². The minimum absolute atomic E-state index is 0.0482. The van der Waals surface area contributed by atoms with Crippen LogP contribution in [-0.2, 0) is 0 Å². The van der Waals surface area contributed by atoms with Crippen molar-refractivity contribution >= 4 is 23.2 Å². The lowest BCUT2D eigenvalue weighted by Gasteiger charge is -2.10. The van der Waals surface area contributed by atoms with Crippen LogP contribution in [0.2, 0.25) is 5.02 Å². The number of alkyl halides is 2. The van der Waals surface area contributed by atoms with Crippen LogP contribution < -0.4 is 10.1 Å². The van der Waals surface area contributed by atoms with E-state index in [0.717, 1.165) is 0 Å². The van der Waals surface area contributed by atoms with Gasteiger partial charge in [0.1, 0.15) is 11.5 Å². The number of nitrogens with one attached hydrogen (secondary N) is 1. The molecule has 116 valence electrons. The van der Waals surface area contributed by atoms with Gasteiger partial charge in [0.2, 0.25) is 0 Å². The second kappa shape index (κ2) is 6.62. The van der Waals surface area contributed by atoms with E-state index in [1.165, 1.54) is 30.3 Å². The number of rotatable bonds is 4. The maximum absolute atomic E-state index is 12.1. The molecule has 2 aromatic rings. The van der Waals surface area contributed by atoms with Gasteiger partial charge in [-0.15, -0.1) is 0 Å². The van der Waals surface area contributed by atoms with E-state index >= 15 is 0 Å². The van der Waals surface area contributed by atoms with Crippen molar-refractivity contribution in [3.63, 3.8) is 0 Å². The van der Waals surface area contributed by atoms with E-state index in [1.54, 1.807) is 13.0 Å². The van der Waals surface area contributed by atoms with E-state index < -0.39 is 12.5 Å². The van der Waals surface area contributed by atoms with Gasteiger partial charge in [0.25, 0.3) is 5.91 Å². The number of ether oxygens (including phenoxy) is 1. The topological polar surface area (TPSA) is 58.6 Å². The Morgan fingerprint density at radius 3 is 2.50 bits per heavy atom. The highest BCUT2D eigenvalue weighted by Gasteiger charge is 2.12. The van der Waals surface area contributed by atoms with E-state index in [2.05, 4.69) is 10.1 Å². The van der Waals surface area contributed by atoms with Crippen LogP contribution in [0.4, 0.5) is 14.5 Å². The van der Waals surface area contributed by atoms with Crippen LogP contribution in [0, 0.1) is 6.92 Å². The summed E-state index contributed by atoms with van der Waals surface area (Å²) in [4.78, 5) is 12.1. The van der Waals surface area contributed by atoms with Crippen LogP contribution >= 0.6 is 11.6 Å². The van der Waals surface area contributed by atoms with Gasteiger partial charge in [-0.1, -0.05) is 11.6 Å². The fourth-order valence-electron chi connectivity index (χ4n) is 1.81. The molecule has 2 rings (SSSR count). The summed E-state index contributed by atoms with van der Waals surface area (Å²) < 4.78 is 28.3. The Morgan fingerprint density at radius 1 is 1.27 bits per heavy atom. The van der Waals surface area contributed by atoms with Crippen molar-refractivity contribution in [3.8, 4) is 11.5 Å². The number of aryl methyl sites for hydroxylation is 1. The first-order chi connectivity index (χ1) is 10.4. The molecule has 0 heterocycles. The molecule has 1 amide bonds. The van der Waals surface area contributed by atoms with Crippen LogP contribution in [0.3, 0.4) is 0 Å². The number of anilines is 1. The molecule has 0 fully saturated rings. The largest absolute Gasteiger partial charge is 0.505 e. The third-order valence-electron chi connectivity index (χ3n) is 2.86. The molecule has 7 heteroatoms. The van der Waals surface area contributed by atoms with Gasteiger partial charge in [-0.3, -0.25) is 4.79 Å². The second-order valence-electron chi connectivity index (χ2n) is 4.48. The van der Waals surface area contributed by atoms with E-state index in [9.17, 15) is 18.7 Å². The molecule has 22 heavy (non-hydrogen) atoms.